The van der Waals surface area contributed by atoms with E-state index in [1.807, 2.05) is 6.08 Å². The van der Waals surface area contributed by atoms with E-state index in [1.54, 1.807) is 0 Å². The SMILES string of the molecule is C=CCCOCc1ccc(C)cc1C. The zero-order chi connectivity index (χ0) is 10.4. The molecule has 0 aliphatic rings. The molecule has 0 unspecified atom stereocenters. The Balaban J connectivity index is 2.46. The number of benzene rings is 1. The van der Waals surface area contributed by atoms with E-state index in [0.717, 1.165) is 13.0 Å². The second kappa shape index (κ2) is 5.61. The molecule has 1 rings (SSSR count). The van der Waals surface area contributed by atoms with Crippen molar-refractivity contribution in [2.45, 2.75) is 26.9 Å². The largest absolute Gasteiger partial charge is 0.376 e. The molecule has 0 aliphatic carbocycles. The molecule has 0 N–H and O–H groups in total. The van der Waals surface area contributed by atoms with E-state index in [4.69, 9.17) is 4.74 Å². The molecule has 0 amide bonds. The van der Waals surface area contributed by atoms with Crippen LogP contribution in [-0.4, -0.2) is 6.61 Å². The van der Waals surface area contributed by atoms with Crippen LogP contribution >= 0.6 is 0 Å². The van der Waals surface area contributed by atoms with Gasteiger partial charge in [0.1, 0.15) is 0 Å². The average molecular weight is 190 g/mol. The molecule has 0 aromatic heterocycles. The number of hydrogen-bond donors (Lipinski definition) is 0. The van der Waals surface area contributed by atoms with Crippen LogP contribution in [0.1, 0.15) is 23.1 Å². The molecule has 76 valence electrons. The fourth-order valence-corrected chi connectivity index (χ4v) is 1.36. The third-order valence-corrected chi connectivity index (χ3v) is 2.22. The zero-order valence-corrected chi connectivity index (χ0v) is 9.05. The maximum Gasteiger partial charge on any atom is 0.0719 e. The Labute approximate surface area is 86.4 Å². The summed E-state index contributed by atoms with van der Waals surface area (Å²) in [5.41, 5.74) is 3.89. The van der Waals surface area contributed by atoms with Crippen molar-refractivity contribution in [3.63, 3.8) is 0 Å². The monoisotopic (exact) mass is 190 g/mol. The lowest BCUT2D eigenvalue weighted by Crippen LogP contribution is -1.96. The molecule has 1 nitrogen and oxygen atoms in total. The molecule has 0 fully saturated rings. The Morgan fingerprint density at radius 1 is 1.36 bits per heavy atom. The molecule has 1 aromatic carbocycles. The van der Waals surface area contributed by atoms with Gasteiger partial charge < -0.3 is 4.74 Å². The van der Waals surface area contributed by atoms with Crippen molar-refractivity contribution in [3.05, 3.63) is 47.5 Å². The van der Waals surface area contributed by atoms with Gasteiger partial charge in [-0.1, -0.05) is 29.8 Å². The van der Waals surface area contributed by atoms with Crippen molar-refractivity contribution in [3.8, 4) is 0 Å². The number of ether oxygens (including phenoxy) is 1. The maximum absolute atomic E-state index is 5.51. The second-order valence-electron chi connectivity index (χ2n) is 3.56. The first-order valence-electron chi connectivity index (χ1n) is 4.99. The van der Waals surface area contributed by atoms with Crippen LogP contribution in [0.3, 0.4) is 0 Å². The molecule has 14 heavy (non-hydrogen) atoms. The van der Waals surface area contributed by atoms with E-state index in [9.17, 15) is 0 Å². The predicted molar refractivity (Wildman–Crippen MR) is 60.4 cm³/mol. The van der Waals surface area contributed by atoms with Crippen molar-refractivity contribution in [2.75, 3.05) is 6.61 Å². The van der Waals surface area contributed by atoms with E-state index in [1.165, 1.54) is 16.7 Å². The normalized spacial score (nSPS) is 10.1. The van der Waals surface area contributed by atoms with Gasteiger partial charge >= 0.3 is 0 Å². The van der Waals surface area contributed by atoms with E-state index < -0.39 is 0 Å². The minimum Gasteiger partial charge on any atom is -0.376 e. The summed E-state index contributed by atoms with van der Waals surface area (Å²) in [4.78, 5) is 0. The van der Waals surface area contributed by atoms with Crippen LogP contribution in [0.5, 0.6) is 0 Å². The molecule has 0 aliphatic heterocycles. The van der Waals surface area contributed by atoms with Gasteiger partial charge in [0.05, 0.1) is 13.2 Å². The highest BCUT2D eigenvalue weighted by atomic mass is 16.5. The van der Waals surface area contributed by atoms with Crippen LogP contribution in [0, 0.1) is 13.8 Å². The van der Waals surface area contributed by atoms with Gasteiger partial charge in [-0.05, 0) is 31.4 Å². The van der Waals surface area contributed by atoms with Crippen LogP contribution in [0.2, 0.25) is 0 Å². The predicted octanol–water partition coefficient (Wildman–Crippen LogP) is 3.40. The Morgan fingerprint density at radius 3 is 2.79 bits per heavy atom. The van der Waals surface area contributed by atoms with Crippen molar-refractivity contribution in [2.24, 2.45) is 0 Å². The number of hydrogen-bond acceptors (Lipinski definition) is 1. The minimum absolute atomic E-state index is 0.708. The molecule has 0 saturated carbocycles. The second-order valence-corrected chi connectivity index (χ2v) is 3.56. The average Bonchev–Trinajstić information content (AvgIpc) is 2.15. The third-order valence-electron chi connectivity index (χ3n) is 2.22. The van der Waals surface area contributed by atoms with Crippen LogP contribution in [-0.2, 0) is 11.3 Å². The van der Waals surface area contributed by atoms with Gasteiger partial charge in [0.15, 0.2) is 0 Å². The topological polar surface area (TPSA) is 9.23 Å². The Hall–Kier alpha value is -1.08. The summed E-state index contributed by atoms with van der Waals surface area (Å²) < 4.78 is 5.51. The van der Waals surface area contributed by atoms with Crippen molar-refractivity contribution in [1.29, 1.82) is 0 Å². The van der Waals surface area contributed by atoms with Gasteiger partial charge in [0, 0.05) is 0 Å². The van der Waals surface area contributed by atoms with Crippen LogP contribution < -0.4 is 0 Å². The fourth-order valence-electron chi connectivity index (χ4n) is 1.36. The Bertz CT molecular complexity index is 302. The minimum atomic E-state index is 0.708. The van der Waals surface area contributed by atoms with E-state index in [2.05, 4.69) is 38.6 Å². The first-order chi connectivity index (χ1) is 6.74. The highest BCUT2D eigenvalue weighted by molar-refractivity contribution is 5.29. The van der Waals surface area contributed by atoms with Crippen molar-refractivity contribution < 1.29 is 4.74 Å². The first-order valence-corrected chi connectivity index (χ1v) is 4.99. The zero-order valence-electron chi connectivity index (χ0n) is 9.05. The highest BCUT2D eigenvalue weighted by Crippen LogP contribution is 2.11. The van der Waals surface area contributed by atoms with E-state index in [0.29, 0.717) is 6.61 Å². The summed E-state index contributed by atoms with van der Waals surface area (Å²) in [6, 6.07) is 6.45. The molecule has 1 heteroatoms. The fraction of sp³-hybridized carbons (Fsp3) is 0.385. The first kappa shape index (κ1) is 11.0. The van der Waals surface area contributed by atoms with Gasteiger partial charge in [-0.2, -0.15) is 0 Å². The molecule has 0 saturated heterocycles. The lowest BCUT2D eigenvalue weighted by atomic mass is 10.1. The van der Waals surface area contributed by atoms with E-state index in [-0.39, 0.29) is 0 Å². The summed E-state index contributed by atoms with van der Waals surface area (Å²) >= 11 is 0. The summed E-state index contributed by atoms with van der Waals surface area (Å²) in [5.74, 6) is 0. The molecule has 0 radical (unpaired) electrons. The van der Waals surface area contributed by atoms with Gasteiger partial charge in [0.25, 0.3) is 0 Å². The van der Waals surface area contributed by atoms with Crippen molar-refractivity contribution in [1.82, 2.24) is 0 Å². The molecule has 0 spiro atoms. The standard InChI is InChI=1S/C13H18O/c1-4-5-8-14-10-13-7-6-11(2)9-12(13)3/h4,6-7,9H,1,5,8,10H2,2-3H3. The van der Waals surface area contributed by atoms with Gasteiger partial charge in [0.2, 0.25) is 0 Å². The van der Waals surface area contributed by atoms with E-state index >= 15 is 0 Å². The number of aryl methyl sites for hydroxylation is 2. The Kier molecular flexibility index (Phi) is 4.41. The third kappa shape index (κ3) is 3.35. The maximum atomic E-state index is 5.51. The van der Waals surface area contributed by atoms with Crippen LogP contribution in [0.15, 0.2) is 30.9 Å². The highest BCUT2D eigenvalue weighted by Gasteiger charge is 1.97. The molecule has 0 heterocycles. The smallest absolute Gasteiger partial charge is 0.0719 e. The molecule has 0 atom stereocenters. The van der Waals surface area contributed by atoms with Gasteiger partial charge in [-0.15, -0.1) is 6.58 Å². The van der Waals surface area contributed by atoms with Crippen LogP contribution in [0.4, 0.5) is 0 Å². The summed E-state index contributed by atoms with van der Waals surface area (Å²) in [6.45, 7) is 9.35. The summed E-state index contributed by atoms with van der Waals surface area (Å²) in [7, 11) is 0. The van der Waals surface area contributed by atoms with Crippen molar-refractivity contribution >= 4 is 0 Å². The van der Waals surface area contributed by atoms with Crippen LogP contribution in [0.25, 0.3) is 0 Å². The molecule has 1 aromatic rings. The molecule has 0 bridgehead atoms. The van der Waals surface area contributed by atoms with Gasteiger partial charge in [-0.3, -0.25) is 0 Å². The Morgan fingerprint density at radius 2 is 2.14 bits per heavy atom. The quantitative estimate of drug-likeness (QED) is 0.511. The summed E-state index contributed by atoms with van der Waals surface area (Å²) in [6.07, 6.45) is 2.80. The summed E-state index contributed by atoms with van der Waals surface area (Å²) in [5, 5.41) is 0. The number of rotatable bonds is 5. The molecular formula is C13H18O. The lowest BCUT2D eigenvalue weighted by molar-refractivity contribution is 0.125. The lowest BCUT2D eigenvalue weighted by Gasteiger charge is -2.07. The molecular weight excluding hydrogens is 172 g/mol. The van der Waals surface area contributed by atoms with Gasteiger partial charge in [-0.25, -0.2) is 0 Å².